The van der Waals surface area contributed by atoms with Crippen LogP contribution in [0.1, 0.15) is 25.7 Å². The number of nitrogens with two attached hydrogens (primary N) is 1. The predicted octanol–water partition coefficient (Wildman–Crippen LogP) is 0.438. The van der Waals surface area contributed by atoms with Crippen LogP contribution in [0.3, 0.4) is 0 Å². The molecule has 0 radical (unpaired) electrons. The van der Waals surface area contributed by atoms with E-state index >= 15 is 0 Å². The van der Waals surface area contributed by atoms with Crippen LogP contribution in [0.2, 0.25) is 0 Å². The molecule has 1 saturated heterocycles. The van der Waals surface area contributed by atoms with Crippen molar-refractivity contribution >= 4 is 17.7 Å². The van der Waals surface area contributed by atoms with Gasteiger partial charge in [0.05, 0.1) is 13.2 Å². The van der Waals surface area contributed by atoms with Crippen LogP contribution in [-0.4, -0.2) is 48.4 Å². The van der Waals surface area contributed by atoms with Gasteiger partial charge < -0.3 is 20.7 Å². The first-order chi connectivity index (χ1) is 11.6. The van der Waals surface area contributed by atoms with Gasteiger partial charge in [-0.25, -0.2) is 0 Å². The summed E-state index contributed by atoms with van der Waals surface area (Å²) in [5.41, 5.74) is 5.28. The predicted molar refractivity (Wildman–Crippen MR) is 88.1 cm³/mol. The molecule has 2 rings (SSSR count). The van der Waals surface area contributed by atoms with E-state index in [1.165, 1.54) is 4.90 Å². The maximum Gasteiger partial charge on any atom is 0.242 e. The highest BCUT2D eigenvalue weighted by atomic mass is 16.5. The number of para-hydroxylation sites is 1. The fourth-order valence-corrected chi connectivity index (χ4v) is 2.66. The summed E-state index contributed by atoms with van der Waals surface area (Å²) in [5.74, 6) is -0.218. The Morgan fingerprint density at radius 2 is 2.00 bits per heavy atom. The molecule has 3 N–H and O–H groups in total. The highest BCUT2D eigenvalue weighted by Gasteiger charge is 2.32. The largest absolute Gasteiger partial charge is 0.494 e. The quantitative estimate of drug-likeness (QED) is 0.674. The molecule has 1 aromatic carbocycles. The summed E-state index contributed by atoms with van der Waals surface area (Å²) < 4.78 is 5.50. The van der Waals surface area contributed by atoms with Crippen LogP contribution in [0.15, 0.2) is 30.3 Å². The van der Waals surface area contributed by atoms with Crippen LogP contribution in [0.4, 0.5) is 0 Å². The fraction of sp³-hybridized carbons (Fsp3) is 0.471. The molecule has 7 nitrogen and oxygen atoms in total. The highest BCUT2D eigenvalue weighted by molar-refractivity contribution is 5.90. The van der Waals surface area contributed by atoms with Crippen molar-refractivity contribution in [2.45, 2.75) is 31.7 Å². The zero-order chi connectivity index (χ0) is 17.4. The third-order valence-electron chi connectivity index (χ3n) is 3.90. The number of carbonyl (C=O) groups excluding carboxylic acids is 3. The maximum absolute atomic E-state index is 12.1. The molecule has 0 aliphatic carbocycles. The van der Waals surface area contributed by atoms with Crippen molar-refractivity contribution in [1.29, 1.82) is 0 Å². The fourth-order valence-electron chi connectivity index (χ4n) is 2.66. The van der Waals surface area contributed by atoms with E-state index in [-0.39, 0.29) is 24.8 Å². The Morgan fingerprint density at radius 3 is 2.71 bits per heavy atom. The van der Waals surface area contributed by atoms with Crippen molar-refractivity contribution in [3.05, 3.63) is 30.3 Å². The molecule has 7 heteroatoms. The van der Waals surface area contributed by atoms with Crippen LogP contribution >= 0.6 is 0 Å². The van der Waals surface area contributed by atoms with Gasteiger partial charge in [0.1, 0.15) is 11.8 Å². The lowest BCUT2D eigenvalue weighted by Crippen LogP contribution is -2.47. The number of hydrogen-bond acceptors (Lipinski definition) is 4. The van der Waals surface area contributed by atoms with Gasteiger partial charge >= 0.3 is 0 Å². The first kappa shape index (κ1) is 17.8. The second-order valence-corrected chi connectivity index (χ2v) is 5.69. The van der Waals surface area contributed by atoms with E-state index in [1.54, 1.807) is 0 Å². The van der Waals surface area contributed by atoms with Gasteiger partial charge in [0.15, 0.2) is 0 Å². The molecule has 0 spiro atoms. The summed E-state index contributed by atoms with van der Waals surface area (Å²) in [6.45, 7) is 0.830. The first-order valence-corrected chi connectivity index (χ1v) is 8.11. The Kier molecular flexibility index (Phi) is 6.60. The van der Waals surface area contributed by atoms with Crippen LogP contribution in [0.25, 0.3) is 0 Å². The molecule has 1 aliphatic rings. The lowest BCUT2D eigenvalue weighted by Gasteiger charge is -2.22. The van der Waals surface area contributed by atoms with Crippen molar-refractivity contribution in [3.63, 3.8) is 0 Å². The number of hydrogen-bond donors (Lipinski definition) is 2. The number of primary amides is 1. The molecular formula is C17H23N3O4. The van der Waals surface area contributed by atoms with E-state index in [2.05, 4.69) is 5.32 Å². The Hall–Kier alpha value is -2.57. The zero-order valence-corrected chi connectivity index (χ0v) is 13.6. The molecule has 130 valence electrons. The summed E-state index contributed by atoms with van der Waals surface area (Å²) in [7, 11) is 0. The topological polar surface area (TPSA) is 102 Å². The summed E-state index contributed by atoms with van der Waals surface area (Å²) in [6.07, 6.45) is 2.18. The van der Waals surface area contributed by atoms with E-state index in [0.29, 0.717) is 26.0 Å². The SMILES string of the molecule is NC(=O)C1CCCN1C(=O)CNC(=O)CCCOc1ccccc1. The van der Waals surface area contributed by atoms with Crippen molar-refractivity contribution in [3.8, 4) is 5.75 Å². The normalized spacial score (nSPS) is 16.7. The van der Waals surface area contributed by atoms with E-state index in [4.69, 9.17) is 10.5 Å². The number of amides is 3. The number of benzene rings is 1. The minimum absolute atomic E-state index is 0.109. The minimum atomic E-state index is -0.548. The third kappa shape index (κ3) is 5.26. The molecular weight excluding hydrogens is 310 g/mol. The minimum Gasteiger partial charge on any atom is -0.494 e. The van der Waals surface area contributed by atoms with Gasteiger partial charge in [-0.3, -0.25) is 14.4 Å². The molecule has 0 aromatic heterocycles. The van der Waals surface area contributed by atoms with Gasteiger partial charge in [-0.15, -0.1) is 0 Å². The van der Waals surface area contributed by atoms with E-state index in [1.807, 2.05) is 30.3 Å². The molecule has 0 saturated carbocycles. The van der Waals surface area contributed by atoms with Crippen molar-refractivity contribution in [2.24, 2.45) is 5.73 Å². The number of nitrogens with zero attached hydrogens (tertiary/aromatic N) is 1. The molecule has 1 aliphatic heterocycles. The Morgan fingerprint density at radius 1 is 1.25 bits per heavy atom. The Labute approximate surface area is 141 Å². The highest BCUT2D eigenvalue weighted by Crippen LogP contribution is 2.16. The number of carbonyl (C=O) groups is 3. The van der Waals surface area contributed by atoms with E-state index in [0.717, 1.165) is 12.2 Å². The summed E-state index contributed by atoms with van der Waals surface area (Å²) in [5, 5.41) is 2.58. The second-order valence-electron chi connectivity index (χ2n) is 5.69. The van der Waals surface area contributed by atoms with Gasteiger partial charge in [0, 0.05) is 13.0 Å². The number of likely N-dealkylation sites (tertiary alicyclic amines) is 1. The van der Waals surface area contributed by atoms with Crippen LogP contribution in [0, 0.1) is 0 Å². The number of ether oxygens (including phenoxy) is 1. The van der Waals surface area contributed by atoms with E-state index < -0.39 is 11.9 Å². The summed E-state index contributed by atoms with van der Waals surface area (Å²) in [6, 6.07) is 8.82. The number of rotatable bonds is 8. The lowest BCUT2D eigenvalue weighted by atomic mass is 10.2. The lowest BCUT2D eigenvalue weighted by molar-refractivity contribution is -0.137. The molecule has 24 heavy (non-hydrogen) atoms. The van der Waals surface area contributed by atoms with Crippen molar-refractivity contribution < 1.29 is 19.1 Å². The van der Waals surface area contributed by atoms with Crippen LogP contribution in [-0.2, 0) is 14.4 Å². The summed E-state index contributed by atoms with van der Waals surface area (Å²) >= 11 is 0. The van der Waals surface area contributed by atoms with Crippen molar-refractivity contribution in [2.75, 3.05) is 19.7 Å². The third-order valence-corrected chi connectivity index (χ3v) is 3.90. The Bertz CT molecular complexity index is 576. The van der Waals surface area contributed by atoms with Gasteiger partial charge in [0.25, 0.3) is 0 Å². The van der Waals surface area contributed by atoms with E-state index in [9.17, 15) is 14.4 Å². The smallest absolute Gasteiger partial charge is 0.242 e. The maximum atomic E-state index is 12.1. The van der Waals surface area contributed by atoms with Crippen molar-refractivity contribution in [1.82, 2.24) is 10.2 Å². The Balaban J connectivity index is 1.62. The van der Waals surface area contributed by atoms with Gasteiger partial charge in [-0.2, -0.15) is 0 Å². The molecule has 1 fully saturated rings. The molecule has 0 bridgehead atoms. The monoisotopic (exact) mass is 333 g/mol. The zero-order valence-electron chi connectivity index (χ0n) is 13.6. The van der Waals surface area contributed by atoms with Gasteiger partial charge in [-0.1, -0.05) is 18.2 Å². The first-order valence-electron chi connectivity index (χ1n) is 8.11. The molecule has 1 unspecified atom stereocenters. The number of nitrogens with one attached hydrogen (secondary N) is 1. The average Bonchev–Trinajstić information content (AvgIpc) is 3.07. The van der Waals surface area contributed by atoms with Gasteiger partial charge in [0.2, 0.25) is 17.7 Å². The molecule has 3 amide bonds. The second kappa shape index (κ2) is 8.90. The standard InChI is InChI=1S/C17H23N3O4/c18-17(23)14-8-4-10-20(14)16(22)12-19-15(21)9-5-11-24-13-6-2-1-3-7-13/h1-3,6-7,14H,4-5,8-12H2,(H2,18,23)(H,19,21). The summed E-state index contributed by atoms with van der Waals surface area (Å²) in [4.78, 5) is 36.5. The molecule has 1 aromatic rings. The van der Waals surface area contributed by atoms with Crippen LogP contribution in [0.5, 0.6) is 5.75 Å². The molecule has 1 heterocycles. The molecule has 1 atom stereocenters. The average molecular weight is 333 g/mol. The van der Waals surface area contributed by atoms with Crippen LogP contribution < -0.4 is 15.8 Å². The van der Waals surface area contributed by atoms with Gasteiger partial charge in [-0.05, 0) is 31.4 Å².